The summed E-state index contributed by atoms with van der Waals surface area (Å²) in [4.78, 5) is 37.0. The number of halogens is 1. The number of aryl methyl sites for hydroxylation is 2. The summed E-state index contributed by atoms with van der Waals surface area (Å²) in [7, 11) is 0. The fourth-order valence-corrected chi connectivity index (χ4v) is 2.59. The molecule has 2 aromatic carbocycles. The van der Waals surface area contributed by atoms with Gasteiger partial charge in [-0.05, 0) is 61.4 Å². The minimum atomic E-state index is -0.791. The van der Waals surface area contributed by atoms with E-state index in [0.29, 0.717) is 5.69 Å². The maximum Gasteiger partial charge on any atom is 0.320 e. The number of nitrogens with zero attached hydrogens (tertiary/aromatic N) is 2. The number of aromatic nitrogens is 2. The zero-order valence-electron chi connectivity index (χ0n) is 14.4. The summed E-state index contributed by atoms with van der Waals surface area (Å²) in [6.07, 6.45) is 2.87. The van der Waals surface area contributed by atoms with Crippen LogP contribution in [-0.4, -0.2) is 14.9 Å². The van der Waals surface area contributed by atoms with Crippen LogP contribution in [0.5, 0.6) is 0 Å². The zero-order chi connectivity index (χ0) is 18.8. The van der Waals surface area contributed by atoms with Gasteiger partial charge in [0.2, 0.25) is 0 Å². The first kappa shape index (κ1) is 17.5. The maximum atomic E-state index is 12.9. The average Bonchev–Trinajstić information content (AvgIpc) is 2.62. The zero-order valence-corrected chi connectivity index (χ0v) is 14.4. The number of carbonyl (C=O) groups is 1. The van der Waals surface area contributed by atoms with E-state index >= 15 is 0 Å². The number of carbonyl (C=O) groups excluding carboxylic acids is 1. The molecule has 0 radical (unpaired) electrons. The van der Waals surface area contributed by atoms with Crippen molar-refractivity contribution in [2.45, 2.75) is 20.4 Å². The van der Waals surface area contributed by atoms with Crippen molar-refractivity contribution in [2.75, 3.05) is 0 Å². The van der Waals surface area contributed by atoms with Crippen molar-refractivity contribution < 1.29 is 9.18 Å². The largest absolute Gasteiger partial charge is 0.320 e. The lowest BCUT2D eigenvalue weighted by atomic mass is 10.1. The van der Waals surface area contributed by atoms with Crippen molar-refractivity contribution in [1.82, 2.24) is 9.13 Å². The summed E-state index contributed by atoms with van der Waals surface area (Å²) in [5.74, 6) is -0.829. The molecule has 26 heavy (non-hydrogen) atoms. The van der Waals surface area contributed by atoms with Crippen LogP contribution in [0.4, 0.5) is 4.39 Å². The van der Waals surface area contributed by atoms with Gasteiger partial charge in [-0.25, -0.2) is 4.39 Å². The van der Waals surface area contributed by atoms with E-state index < -0.39 is 16.9 Å². The van der Waals surface area contributed by atoms with Gasteiger partial charge >= 0.3 is 11.1 Å². The van der Waals surface area contributed by atoms with E-state index in [1.807, 2.05) is 26.0 Å². The van der Waals surface area contributed by atoms with Crippen molar-refractivity contribution >= 4 is 5.78 Å². The number of hydrogen-bond acceptors (Lipinski definition) is 3. The molecule has 0 saturated carbocycles. The molecular formula is C20H17FN2O3. The van der Waals surface area contributed by atoms with Gasteiger partial charge in [-0.15, -0.1) is 0 Å². The van der Waals surface area contributed by atoms with Crippen molar-refractivity contribution in [2.24, 2.45) is 0 Å². The maximum absolute atomic E-state index is 12.9. The summed E-state index contributed by atoms with van der Waals surface area (Å²) >= 11 is 0. The van der Waals surface area contributed by atoms with Crippen LogP contribution in [0, 0.1) is 19.7 Å². The molecule has 1 heterocycles. The Bertz CT molecular complexity index is 1100. The lowest BCUT2D eigenvalue weighted by molar-refractivity contribution is 0.0970. The third-order valence-corrected chi connectivity index (χ3v) is 4.31. The van der Waals surface area contributed by atoms with Gasteiger partial charge in [-0.3, -0.25) is 19.0 Å². The van der Waals surface area contributed by atoms with Crippen molar-refractivity contribution in [3.63, 3.8) is 0 Å². The van der Waals surface area contributed by atoms with E-state index in [0.717, 1.165) is 15.7 Å². The predicted octanol–water partition coefficient (Wildman–Crippen LogP) is 2.64. The van der Waals surface area contributed by atoms with Gasteiger partial charge in [0.05, 0.1) is 6.54 Å². The number of hydrogen-bond donors (Lipinski definition) is 0. The highest BCUT2D eigenvalue weighted by molar-refractivity contribution is 5.95. The molecule has 0 spiro atoms. The molecule has 5 nitrogen and oxygen atoms in total. The van der Waals surface area contributed by atoms with Gasteiger partial charge in [0.15, 0.2) is 5.78 Å². The Hall–Kier alpha value is -3.28. The lowest BCUT2D eigenvalue weighted by Crippen LogP contribution is -2.41. The SMILES string of the molecule is Cc1ccc(-n2ccn(CC(=O)c3ccc(F)cc3)c(=O)c2=O)cc1C. The van der Waals surface area contributed by atoms with E-state index in [9.17, 15) is 18.8 Å². The molecule has 0 amide bonds. The highest BCUT2D eigenvalue weighted by atomic mass is 19.1. The Morgan fingerprint density at radius 3 is 2.27 bits per heavy atom. The Labute approximate surface area is 149 Å². The second-order valence-electron chi connectivity index (χ2n) is 6.10. The molecule has 0 bridgehead atoms. The van der Waals surface area contributed by atoms with Gasteiger partial charge in [-0.1, -0.05) is 6.07 Å². The molecule has 0 aliphatic carbocycles. The Morgan fingerprint density at radius 1 is 0.923 bits per heavy atom. The molecule has 1 aromatic heterocycles. The van der Waals surface area contributed by atoms with Crippen LogP contribution in [0.2, 0.25) is 0 Å². The van der Waals surface area contributed by atoms with Crippen LogP contribution in [0.3, 0.4) is 0 Å². The summed E-state index contributed by atoms with van der Waals surface area (Å²) in [5.41, 5.74) is 1.43. The molecule has 0 unspecified atom stereocenters. The Kier molecular flexibility index (Phi) is 4.67. The first-order chi connectivity index (χ1) is 12.4. The van der Waals surface area contributed by atoms with Gasteiger partial charge in [0.1, 0.15) is 5.82 Å². The molecule has 0 saturated heterocycles. The van der Waals surface area contributed by atoms with Gasteiger partial charge in [0.25, 0.3) is 0 Å². The molecule has 132 valence electrons. The van der Waals surface area contributed by atoms with Crippen molar-refractivity contribution in [3.05, 3.63) is 98.1 Å². The predicted molar refractivity (Wildman–Crippen MR) is 96.5 cm³/mol. The molecule has 0 fully saturated rings. The van der Waals surface area contributed by atoms with Crippen LogP contribution in [0.25, 0.3) is 5.69 Å². The van der Waals surface area contributed by atoms with E-state index in [4.69, 9.17) is 0 Å². The first-order valence-corrected chi connectivity index (χ1v) is 8.05. The highest BCUT2D eigenvalue weighted by Crippen LogP contribution is 2.12. The molecular weight excluding hydrogens is 335 g/mol. The topological polar surface area (TPSA) is 61.1 Å². The van der Waals surface area contributed by atoms with Crippen LogP contribution < -0.4 is 11.1 Å². The monoisotopic (exact) mass is 352 g/mol. The van der Waals surface area contributed by atoms with Crippen LogP contribution in [-0.2, 0) is 6.54 Å². The van der Waals surface area contributed by atoms with E-state index in [1.165, 1.54) is 41.2 Å². The molecule has 0 atom stereocenters. The lowest BCUT2D eigenvalue weighted by Gasteiger charge is -2.10. The third kappa shape index (κ3) is 3.39. The standard InChI is InChI=1S/C20H17FN2O3/c1-13-3-8-17(11-14(13)2)23-10-9-22(19(25)20(23)26)12-18(24)15-4-6-16(21)7-5-15/h3-11H,12H2,1-2H3. The smallest absolute Gasteiger partial charge is 0.301 e. The van der Waals surface area contributed by atoms with Gasteiger partial charge in [-0.2, -0.15) is 0 Å². The fourth-order valence-electron chi connectivity index (χ4n) is 2.59. The quantitative estimate of drug-likeness (QED) is 0.536. The molecule has 6 heteroatoms. The molecule has 3 aromatic rings. The fraction of sp³-hybridized carbons (Fsp3) is 0.150. The van der Waals surface area contributed by atoms with Crippen molar-refractivity contribution in [1.29, 1.82) is 0 Å². The molecule has 0 aliphatic rings. The first-order valence-electron chi connectivity index (χ1n) is 8.05. The third-order valence-electron chi connectivity index (χ3n) is 4.31. The second kappa shape index (κ2) is 6.92. The highest BCUT2D eigenvalue weighted by Gasteiger charge is 2.12. The number of Topliss-reactive ketones (excluding diaryl/α,β-unsaturated/α-hetero) is 1. The van der Waals surface area contributed by atoms with Crippen LogP contribution in [0.1, 0.15) is 21.5 Å². The van der Waals surface area contributed by atoms with Crippen LogP contribution in [0.15, 0.2) is 64.4 Å². The minimum absolute atomic E-state index is 0.275. The molecule has 0 aliphatic heterocycles. The van der Waals surface area contributed by atoms with Crippen molar-refractivity contribution in [3.8, 4) is 5.69 Å². The van der Waals surface area contributed by atoms with Gasteiger partial charge in [0, 0.05) is 23.6 Å². The van der Waals surface area contributed by atoms with E-state index in [1.54, 1.807) is 6.07 Å². The minimum Gasteiger partial charge on any atom is -0.301 e. The summed E-state index contributed by atoms with van der Waals surface area (Å²) in [6, 6.07) is 10.5. The number of ketones is 1. The molecule has 3 rings (SSSR count). The normalized spacial score (nSPS) is 10.7. The van der Waals surface area contributed by atoms with E-state index in [-0.39, 0.29) is 17.9 Å². The van der Waals surface area contributed by atoms with E-state index in [2.05, 4.69) is 0 Å². The summed E-state index contributed by atoms with van der Waals surface area (Å²) in [6.45, 7) is 3.60. The Morgan fingerprint density at radius 2 is 1.62 bits per heavy atom. The second-order valence-corrected chi connectivity index (χ2v) is 6.10. The number of rotatable bonds is 4. The number of benzene rings is 2. The van der Waals surface area contributed by atoms with Gasteiger partial charge < -0.3 is 4.57 Å². The van der Waals surface area contributed by atoms with Crippen LogP contribution >= 0.6 is 0 Å². The molecule has 0 N–H and O–H groups in total. The summed E-state index contributed by atoms with van der Waals surface area (Å²) < 4.78 is 15.3. The summed E-state index contributed by atoms with van der Waals surface area (Å²) in [5, 5.41) is 0. The Balaban J connectivity index is 1.93. The average molecular weight is 352 g/mol.